The fraction of sp³-hybridized carbons (Fsp3) is 0.235. The molecule has 0 aliphatic rings. The Bertz CT molecular complexity index is 879. The van der Waals surface area contributed by atoms with Crippen molar-refractivity contribution in [3.8, 4) is 5.75 Å². The van der Waals surface area contributed by atoms with Crippen molar-refractivity contribution in [1.29, 1.82) is 0 Å². The fourth-order valence-corrected chi connectivity index (χ4v) is 2.29. The van der Waals surface area contributed by atoms with Gasteiger partial charge >= 0.3 is 0 Å². The summed E-state index contributed by atoms with van der Waals surface area (Å²) in [4.78, 5) is 20.0. The van der Waals surface area contributed by atoms with Crippen molar-refractivity contribution in [2.24, 2.45) is 15.7 Å². The molecule has 0 spiro atoms. The predicted octanol–water partition coefficient (Wildman–Crippen LogP) is 0.994. The lowest BCUT2D eigenvalue weighted by Crippen LogP contribution is -2.21. The van der Waals surface area contributed by atoms with Gasteiger partial charge in [0.25, 0.3) is 5.91 Å². The van der Waals surface area contributed by atoms with Gasteiger partial charge in [-0.15, -0.1) is 10.2 Å². The average molecular weight is 370 g/mol. The lowest BCUT2D eigenvalue weighted by Gasteiger charge is -2.16. The molecule has 2 rings (SSSR count). The minimum absolute atomic E-state index is 0.142. The molecule has 0 fully saturated rings. The van der Waals surface area contributed by atoms with Crippen LogP contribution in [0.1, 0.15) is 16.1 Å². The quantitative estimate of drug-likeness (QED) is 0.421. The van der Waals surface area contributed by atoms with Crippen LogP contribution >= 0.6 is 0 Å². The summed E-state index contributed by atoms with van der Waals surface area (Å²) in [6, 6.07) is 7.02. The predicted molar refractivity (Wildman–Crippen MR) is 106 cm³/mol. The van der Waals surface area contributed by atoms with E-state index >= 15 is 0 Å². The molecule has 1 aromatic carbocycles. The maximum absolute atomic E-state index is 12.1. The zero-order valence-electron chi connectivity index (χ0n) is 15.6. The Kier molecular flexibility index (Phi) is 6.64. The van der Waals surface area contributed by atoms with E-state index in [1.54, 1.807) is 38.4 Å². The van der Waals surface area contributed by atoms with Gasteiger partial charge in [0.1, 0.15) is 12.2 Å². The van der Waals surface area contributed by atoms with Crippen LogP contribution in [0, 0.1) is 0 Å². The number of carbonyl (C=O) groups excluding carboxylic acids is 1. The van der Waals surface area contributed by atoms with Crippen LogP contribution in [0.5, 0.6) is 5.75 Å². The van der Waals surface area contributed by atoms with Gasteiger partial charge in [0.2, 0.25) is 0 Å². The zero-order valence-corrected chi connectivity index (χ0v) is 15.6. The molecule has 5 N–H and O–H groups in total. The summed E-state index contributed by atoms with van der Waals surface area (Å²) < 4.78 is 5.51. The Morgan fingerprint density at radius 2 is 2.04 bits per heavy atom. The second kappa shape index (κ2) is 9.13. The summed E-state index contributed by atoms with van der Waals surface area (Å²) in [7, 11) is 6.35. The summed E-state index contributed by atoms with van der Waals surface area (Å²) in [6.07, 6.45) is 1.35. The largest absolute Gasteiger partial charge is 0.494 e. The Hall–Kier alpha value is -3.69. The first-order chi connectivity index (χ1) is 13.0. The highest BCUT2D eigenvalue weighted by Crippen LogP contribution is 2.32. The number of amides is 1. The first kappa shape index (κ1) is 19.6. The molecule has 0 atom stereocenters. The fourth-order valence-electron chi connectivity index (χ4n) is 2.29. The molecule has 27 heavy (non-hydrogen) atoms. The van der Waals surface area contributed by atoms with E-state index in [1.165, 1.54) is 20.5 Å². The number of nitrogens with one attached hydrogen (secondary N) is 3. The highest BCUT2D eigenvalue weighted by atomic mass is 16.5. The van der Waals surface area contributed by atoms with Gasteiger partial charge in [0, 0.05) is 27.2 Å². The smallest absolute Gasteiger partial charge is 0.273 e. The molecular weight excluding hydrogens is 348 g/mol. The van der Waals surface area contributed by atoms with Crippen LogP contribution in [0.15, 0.2) is 34.3 Å². The number of benzene rings is 1. The second-order valence-corrected chi connectivity index (χ2v) is 5.22. The third-order valence-electron chi connectivity index (χ3n) is 3.57. The van der Waals surface area contributed by atoms with Crippen molar-refractivity contribution in [1.82, 2.24) is 15.5 Å². The number of aliphatic imine (C=N–C) groups is 2. The second-order valence-electron chi connectivity index (χ2n) is 5.22. The number of amidine groups is 1. The van der Waals surface area contributed by atoms with Crippen LogP contribution in [0.2, 0.25) is 0 Å². The summed E-state index contributed by atoms with van der Waals surface area (Å²) in [5, 5.41) is 16.5. The Balaban J connectivity index is 2.53. The van der Waals surface area contributed by atoms with Crippen LogP contribution in [0.3, 0.4) is 0 Å². The third kappa shape index (κ3) is 4.48. The van der Waals surface area contributed by atoms with Crippen LogP contribution in [0.25, 0.3) is 0 Å². The molecule has 10 nitrogen and oxygen atoms in total. The van der Waals surface area contributed by atoms with Crippen molar-refractivity contribution in [3.63, 3.8) is 0 Å². The molecule has 0 radical (unpaired) electrons. The van der Waals surface area contributed by atoms with E-state index in [2.05, 4.69) is 36.1 Å². The lowest BCUT2D eigenvalue weighted by molar-refractivity contribution is 0.0958. The number of carbonyl (C=O) groups is 1. The Morgan fingerprint density at radius 1 is 1.26 bits per heavy atom. The van der Waals surface area contributed by atoms with Crippen molar-refractivity contribution >= 4 is 35.3 Å². The molecule has 0 aliphatic heterocycles. The Morgan fingerprint density at radius 3 is 2.67 bits per heavy atom. The van der Waals surface area contributed by atoms with Gasteiger partial charge in [-0.05, 0) is 12.1 Å². The first-order valence-electron chi connectivity index (χ1n) is 8.01. The zero-order chi connectivity index (χ0) is 19.8. The molecule has 0 saturated heterocycles. The number of anilines is 3. The molecule has 1 amide bonds. The van der Waals surface area contributed by atoms with Crippen molar-refractivity contribution < 1.29 is 9.53 Å². The standard InChI is InChI=1S/C17H22N8O2/c1-19-9-22-16(18)10-6-5-7-11(15(10)27-4)23-12-8-13(20-2)24-25-14(12)17(26)21-3/h5-9H,1-4H3,(H,21,26)(H2,18,19,22)(H2,20,23,24). The molecule has 1 heterocycles. The van der Waals surface area contributed by atoms with Crippen molar-refractivity contribution in [3.05, 3.63) is 35.5 Å². The average Bonchev–Trinajstić information content (AvgIpc) is 2.71. The Labute approximate surface area is 157 Å². The van der Waals surface area contributed by atoms with E-state index in [1.807, 2.05) is 0 Å². The maximum Gasteiger partial charge on any atom is 0.273 e. The number of aromatic nitrogens is 2. The SMILES string of the molecule is CN=CN=C(N)c1cccc(Nc2cc(NC)nnc2C(=O)NC)c1OC. The van der Waals surface area contributed by atoms with Crippen molar-refractivity contribution in [2.45, 2.75) is 0 Å². The molecule has 1 aromatic heterocycles. The highest BCUT2D eigenvalue weighted by molar-refractivity contribution is 6.05. The molecule has 142 valence electrons. The minimum Gasteiger partial charge on any atom is -0.494 e. The number of para-hydroxylation sites is 1. The number of nitrogens with two attached hydrogens (primary N) is 1. The van der Waals surface area contributed by atoms with Gasteiger partial charge in [0.05, 0.1) is 24.0 Å². The molecular formula is C17H22N8O2. The van der Waals surface area contributed by atoms with Gasteiger partial charge < -0.3 is 26.4 Å². The number of hydrogen-bond donors (Lipinski definition) is 4. The van der Waals surface area contributed by atoms with E-state index in [4.69, 9.17) is 10.5 Å². The monoisotopic (exact) mass is 370 g/mol. The first-order valence-corrected chi connectivity index (χ1v) is 8.01. The molecule has 2 aromatic rings. The summed E-state index contributed by atoms with van der Waals surface area (Å²) >= 11 is 0. The van der Waals surface area contributed by atoms with E-state index in [-0.39, 0.29) is 17.4 Å². The summed E-state index contributed by atoms with van der Waals surface area (Å²) in [6.45, 7) is 0. The molecule has 0 unspecified atom stereocenters. The van der Waals surface area contributed by atoms with Gasteiger partial charge in [-0.2, -0.15) is 0 Å². The number of rotatable bonds is 7. The highest BCUT2D eigenvalue weighted by Gasteiger charge is 2.17. The molecule has 0 aliphatic carbocycles. The van der Waals surface area contributed by atoms with E-state index in [0.717, 1.165) is 0 Å². The van der Waals surface area contributed by atoms with E-state index in [9.17, 15) is 4.79 Å². The number of ether oxygens (including phenoxy) is 1. The van der Waals surface area contributed by atoms with Gasteiger partial charge in [-0.25, -0.2) is 4.99 Å². The summed E-state index contributed by atoms with van der Waals surface area (Å²) in [5.74, 6) is 0.842. The normalized spacial score (nSPS) is 11.3. The van der Waals surface area contributed by atoms with Crippen LogP contribution < -0.4 is 26.4 Å². The third-order valence-corrected chi connectivity index (χ3v) is 3.57. The maximum atomic E-state index is 12.1. The van der Waals surface area contributed by atoms with Crippen LogP contribution in [-0.4, -0.2) is 56.5 Å². The minimum atomic E-state index is -0.372. The number of nitrogens with zero attached hydrogens (tertiary/aromatic N) is 4. The molecule has 0 saturated carbocycles. The van der Waals surface area contributed by atoms with Crippen LogP contribution in [-0.2, 0) is 0 Å². The van der Waals surface area contributed by atoms with E-state index < -0.39 is 0 Å². The van der Waals surface area contributed by atoms with Crippen LogP contribution in [0.4, 0.5) is 17.2 Å². The van der Waals surface area contributed by atoms with E-state index in [0.29, 0.717) is 28.5 Å². The van der Waals surface area contributed by atoms with Gasteiger partial charge in [-0.3, -0.25) is 9.79 Å². The lowest BCUT2D eigenvalue weighted by atomic mass is 10.1. The summed E-state index contributed by atoms with van der Waals surface area (Å²) in [5.41, 5.74) is 7.78. The number of methoxy groups -OCH3 is 1. The molecule has 0 bridgehead atoms. The van der Waals surface area contributed by atoms with Gasteiger partial charge in [0.15, 0.2) is 17.3 Å². The van der Waals surface area contributed by atoms with Gasteiger partial charge in [-0.1, -0.05) is 6.07 Å². The van der Waals surface area contributed by atoms with Crippen molar-refractivity contribution in [2.75, 3.05) is 38.9 Å². The number of hydrogen-bond acceptors (Lipinski definition) is 7. The molecule has 10 heteroatoms. The topological polar surface area (TPSA) is 139 Å².